The van der Waals surface area contributed by atoms with Crippen molar-refractivity contribution in [1.82, 2.24) is 4.98 Å². The maximum absolute atomic E-state index is 13.0. The van der Waals surface area contributed by atoms with Crippen LogP contribution in [0.4, 0.5) is 10.2 Å². The molecule has 0 unspecified atom stereocenters. The summed E-state index contributed by atoms with van der Waals surface area (Å²) in [7, 11) is 0. The predicted octanol–water partition coefficient (Wildman–Crippen LogP) is 4.54. The number of nitrogens with zero attached hydrogens (tertiary/aromatic N) is 2. The Morgan fingerprint density at radius 2 is 1.76 bits per heavy atom. The molecule has 0 aliphatic carbocycles. The van der Waals surface area contributed by atoms with Crippen LogP contribution in [0.3, 0.4) is 0 Å². The molecule has 1 aliphatic rings. The average Bonchev–Trinajstić information content (AvgIpc) is 2.64. The summed E-state index contributed by atoms with van der Waals surface area (Å²) >= 11 is 0. The maximum atomic E-state index is 13.0. The summed E-state index contributed by atoms with van der Waals surface area (Å²) in [6, 6.07) is 16.2. The zero-order valence-electron chi connectivity index (χ0n) is 14.0. The first kappa shape index (κ1) is 15.9. The van der Waals surface area contributed by atoms with Crippen molar-refractivity contribution in [3.63, 3.8) is 0 Å². The molecule has 0 bridgehead atoms. The van der Waals surface area contributed by atoms with Crippen LogP contribution in [0.15, 0.2) is 54.6 Å². The van der Waals surface area contributed by atoms with Crippen molar-refractivity contribution >= 4 is 16.7 Å². The van der Waals surface area contributed by atoms with Gasteiger partial charge in [-0.2, -0.15) is 0 Å². The van der Waals surface area contributed by atoms with Gasteiger partial charge in [0.05, 0.1) is 5.52 Å². The number of rotatable bonds is 3. The molecule has 0 atom stereocenters. The van der Waals surface area contributed by atoms with E-state index in [9.17, 15) is 9.50 Å². The van der Waals surface area contributed by atoms with E-state index in [0.717, 1.165) is 49.1 Å². The first-order valence-corrected chi connectivity index (χ1v) is 8.77. The molecule has 4 heteroatoms. The molecule has 128 valence electrons. The molecule has 3 aromatic rings. The normalized spacial score (nSPS) is 15.6. The zero-order chi connectivity index (χ0) is 17.2. The van der Waals surface area contributed by atoms with Crippen LogP contribution in [0.1, 0.15) is 18.4 Å². The summed E-state index contributed by atoms with van der Waals surface area (Å²) < 4.78 is 13.0. The Labute approximate surface area is 146 Å². The SMILES string of the molecule is Oc1cccc2nc(N3CCC(Cc4ccc(F)cc4)CC3)ccc12. The molecule has 0 saturated carbocycles. The summed E-state index contributed by atoms with van der Waals surface area (Å²) in [4.78, 5) is 7.01. The second-order valence-electron chi connectivity index (χ2n) is 6.77. The molecule has 25 heavy (non-hydrogen) atoms. The van der Waals surface area contributed by atoms with Gasteiger partial charge in [0.2, 0.25) is 0 Å². The lowest BCUT2D eigenvalue weighted by atomic mass is 9.90. The van der Waals surface area contributed by atoms with Gasteiger partial charge >= 0.3 is 0 Å². The van der Waals surface area contributed by atoms with Crippen molar-refractivity contribution in [1.29, 1.82) is 0 Å². The highest BCUT2D eigenvalue weighted by Crippen LogP contribution is 2.28. The fraction of sp³-hybridized carbons (Fsp3) is 0.286. The number of halogens is 1. The zero-order valence-corrected chi connectivity index (χ0v) is 14.0. The van der Waals surface area contributed by atoms with E-state index in [4.69, 9.17) is 4.98 Å². The highest BCUT2D eigenvalue weighted by molar-refractivity contribution is 5.86. The molecule has 4 rings (SSSR count). The van der Waals surface area contributed by atoms with Crippen LogP contribution >= 0.6 is 0 Å². The fourth-order valence-electron chi connectivity index (χ4n) is 3.62. The van der Waals surface area contributed by atoms with Gasteiger partial charge in [-0.25, -0.2) is 9.37 Å². The molecule has 2 aromatic carbocycles. The standard InChI is InChI=1S/C21H21FN2O/c22-17-6-4-15(5-7-17)14-16-10-12-24(13-11-16)21-9-8-18-19(23-21)2-1-3-20(18)25/h1-9,16,25H,10-14H2. The van der Waals surface area contributed by atoms with Gasteiger partial charge in [-0.15, -0.1) is 0 Å². The van der Waals surface area contributed by atoms with E-state index in [1.54, 1.807) is 18.2 Å². The monoisotopic (exact) mass is 336 g/mol. The molecule has 0 spiro atoms. The molecule has 1 saturated heterocycles. The van der Waals surface area contributed by atoms with E-state index >= 15 is 0 Å². The Hall–Kier alpha value is -2.62. The van der Waals surface area contributed by atoms with Crippen molar-refractivity contribution in [2.75, 3.05) is 18.0 Å². The van der Waals surface area contributed by atoms with Crippen molar-refractivity contribution in [3.8, 4) is 5.75 Å². The van der Waals surface area contributed by atoms with Gasteiger partial charge in [0.1, 0.15) is 17.4 Å². The van der Waals surface area contributed by atoms with Crippen molar-refractivity contribution < 1.29 is 9.50 Å². The average molecular weight is 336 g/mol. The van der Waals surface area contributed by atoms with E-state index < -0.39 is 0 Å². The summed E-state index contributed by atoms with van der Waals surface area (Å²) in [6.07, 6.45) is 3.22. The number of aromatic nitrogens is 1. The highest BCUT2D eigenvalue weighted by Gasteiger charge is 2.20. The lowest BCUT2D eigenvalue weighted by Gasteiger charge is -2.33. The van der Waals surface area contributed by atoms with Gasteiger partial charge in [0.25, 0.3) is 0 Å². The number of phenols is 1. The molecule has 2 heterocycles. The number of phenolic OH excluding ortho intramolecular Hbond substituents is 1. The summed E-state index contributed by atoms with van der Waals surface area (Å²) in [5, 5.41) is 10.7. The summed E-state index contributed by atoms with van der Waals surface area (Å²) in [6.45, 7) is 1.95. The van der Waals surface area contributed by atoms with Crippen LogP contribution in [-0.2, 0) is 6.42 Å². The first-order valence-electron chi connectivity index (χ1n) is 8.77. The molecule has 1 N–H and O–H groups in total. The molecular formula is C21H21FN2O. The fourth-order valence-corrected chi connectivity index (χ4v) is 3.62. The smallest absolute Gasteiger partial charge is 0.129 e. The molecule has 0 amide bonds. The number of benzene rings is 2. The number of piperidine rings is 1. The third-order valence-electron chi connectivity index (χ3n) is 5.07. The largest absolute Gasteiger partial charge is 0.507 e. The van der Waals surface area contributed by atoms with Crippen LogP contribution in [0.2, 0.25) is 0 Å². The Bertz CT molecular complexity index is 871. The molecule has 1 aromatic heterocycles. The minimum atomic E-state index is -0.174. The Balaban J connectivity index is 1.42. The van der Waals surface area contributed by atoms with Gasteiger partial charge in [-0.3, -0.25) is 0 Å². The molecule has 0 radical (unpaired) electrons. The van der Waals surface area contributed by atoms with Crippen molar-refractivity contribution in [2.24, 2.45) is 5.92 Å². The van der Waals surface area contributed by atoms with Crippen LogP contribution < -0.4 is 4.90 Å². The van der Waals surface area contributed by atoms with E-state index in [1.165, 1.54) is 5.56 Å². The van der Waals surface area contributed by atoms with Gasteiger partial charge in [-0.1, -0.05) is 18.2 Å². The quantitative estimate of drug-likeness (QED) is 0.763. The van der Waals surface area contributed by atoms with Gasteiger partial charge in [0.15, 0.2) is 0 Å². The van der Waals surface area contributed by atoms with Crippen LogP contribution in [0.25, 0.3) is 10.9 Å². The molecule has 3 nitrogen and oxygen atoms in total. The van der Waals surface area contributed by atoms with Crippen molar-refractivity contribution in [3.05, 3.63) is 66.0 Å². The number of hydrogen-bond donors (Lipinski definition) is 1. The minimum absolute atomic E-state index is 0.174. The number of anilines is 1. The second-order valence-corrected chi connectivity index (χ2v) is 6.77. The van der Waals surface area contributed by atoms with Crippen LogP contribution in [0, 0.1) is 11.7 Å². The minimum Gasteiger partial charge on any atom is -0.507 e. The van der Waals surface area contributed by atoms with E-state index in [0.29, 0.717) is 5.92 Å². The molecular weight excluding hydrogens is 315 g/mol. The van der Waals surface area contributed by atoms with E-state index in [2.05, 4.69) is 4.90 Å². The Morgan fingerprint density at radius 3 is 2.52 bits per heavy atom. The number of aromatic hydroxyl groups is 1. The number of hydrogen-bond acceptors (Lipinski definition) is 3. The lowest BCUT2D eigenvalue weighted by Crippen LogP contribution is -2.34. The van der Waals surface area contributed by atoms with Gasteiger partial charge in [0, 0.05) is 18.5 Å². The van der Waals surface area contributed by atoms with Crippen molar-refractivity contribution in [2.45, 2.75) is 19.3 Å². The first-order chi connectivity index (χ1) is 12.2. The number of fused-ring (bicyclic) bond motifs is 1. The lowest BCUT2D eigenvalue weighted by molar-refractivity contribution is 0.402. The van der Waals surface area contributed by atoms with Crippen LogP contribution in [0.5, 0.6) is 5.75 Å². The maximum Gasteiger partial charge on any atom is 0.129 e. The summed E-state index contributed by atoms with van der Waals surface area (Å²) in [5.74, 6) is 1.70. The van der Waals surface area contributed by atoms with Gasteiger partial charge in [-0.05, 0) is 67.1 Å². The molecule has 1 aliphatic heterocycles. The third-order valence-corrected chi connectivity index (χ3v) is 5.07. The molecule has 1 fully saturated rings. The second kappa shape index (κ2) is 6.71. The Kier molecular flexibility index (Phi) is 4.26. The summed E-state index contributed by atoms with van der Waals surface area (Å²) in [5.41, 5.74) is 2.03. The Morgan fingerprint density at radius 1 is 1.00 bits per heavy atom. The van der Waals surface area contributed by atoms with E-state index in [-0.39, 0.29) is 11.6 Å². The van der Waals surface area contributed by atoms with E-state index in [1.807, 2.05) is 36.4 Å². The predicted molar refractivity (Wildman–Crippen MR) is 98.4 cm³/mol. The van der Waals surface area contributed by atoms with Crippen LogP contribution in [-0.4, -0.2) is 23.2 Å². The highest BCUT2D eigenvalue weighted by atomic mass is 19.1. The third kappa shape index (κ3) is 3.43. The van der Waals surface area contributed by atoms with Gasteiger partial charge < -0.3 is 10.0 Å². The topological polar surface area (TPSA) is 36.4 Å². The number of pyridine rings is 1.